The van der Waals surface area contributed by atoms with Gasteiger partial charge in [-0.15, -0.1) is 0 Å². The topological polar surface area (TPSA) is 78.9 Å². The first-order valence-corrected chi connectivity index (χ1v) is 34.0. The molecule has 0 aliphatic carbocycles. The highest BCUT2D eigenvalue weighted by Crippen LogP contribution is 2.16. The minimum absolute atomic E-state index is 0.0865. The summed E-state index contributed by atoms with van der Waals surface area (Å²) >= 11 is 0. The number of hydrogen-bond donors (Lipinski definition) is 0. The summed E-state index contributed by atoms with van der Waals surface area (Å²) in [6, 6.07) is 0. The monoisotopic (exact) mass is 1120 g/mol. The minimum Gasteiger partial charge on any atom is -0.462 e. The van der Waals surface area contributed by atoms with Crippen molar-refractivity contribution >= 4 is 17.9 Å². The predicted molar refractivity (Wildman–Crippen MR) is 353 cm³/mol. The van der Waals surface area contributed by atoms with E-state index in [1.54, 1.807) is 0 Å². The molecule has 0 spiro atoms. The summed E-state index contributed by atoms with van der Waals surface area (Å²) in [4.78, 5) is 38.5. The Morgan fingerprint density at radius 3 is 0.765 bits per heavy atom. The van der Waals surface area contributed by atoms with Crippen LogP contribution in [0.15, 0.2) is 122 Å². The smallest absolute Gasteiger partial charge is 0.306 e. The van der Waals surface area contributed by atoms with Crippen molar-refractivity contribution in [1.29, 1.82) is 0 Å². The average molecular weight is 1120 g/mol. The number of unbranched alkanes of at least 4 members (excludes halogenated alkanes) is 30. The number of esters is 3. The van der Waals surface area contributed by atoms with Crippen LogP contribution in [0.5, 0.6) is 0 Å². The molecule has 462 valence electrons. The summed E-state index contributed by atoms with van der Waals surface area (Å²) in [6.07, 6.45) is 94.9. The maximum absolute atomic E-state index is 13.0. The lowest BCUT2D eigenvalue weighted by atomic mass is 10.0. The Labute approximate surface area is 501 Å². The van der Waals surface area contributed by atoms with E-state index in [1.165, 1.54) is 154 Å². The van der Waals surface area contributed by atoms with Crippen molar-refractivity contribution in [2.24, 2.45) is 0 Å². The lowest BCUT2D eigenvalue weighted by Gasteiger charge is -2.18. The van der Waals surface area contributed by atoms with Crippen LogP contribution >= 0.6 is 0 Å². The number of ether oxygens (including phenoxy) is 3. The van der Waals surface area contributed by atoms with Gasteiger partial charge >= 0.3 is 17.9 Å². The van der Waals surface area contributed by atoms with Gasteiger partial charge in [0.2, 0.25) is 0 Å². The Hall–Kier alpha value is -4.19. The third kappa shape index (κ3) is 66.5. The highest BCUT2D eigenvalue weighted by Gasteiger charge is 2.19. The molecular weight excluding hydrogens is 997 g/mol. The Bertz CT molecular complexity index is 1670. The van der Waals surface area contributed by atoms with Gasteiger partial charge in [-0.2, -0.15) is 0 Å². The van der Waals surface area contributed by atoms with Crippen molar-refractivity contribution in [3.63, 3.8) is 0 Å². The fraction of sp³-hybridized carbons (Fsp3) is 0.693. The zero-order valence-electron chi connectivity index (χ0n) is 53.0. The van der Waals surface area contributed by atoms with E-state index < -0.39 is 6.10 Å². The summed E-state index contributed by atoms with van der Waals surface area (Å²) in [7, 11) is 0. The molecule has 0 aromatic heterocycles. The number of hydrogen-bond acceptors (Lipinski definition) is 6. The first-order chi connectivity index (χ1) is 40.0. The van der Waals surface area contributed by atoms with E-state index in [9.17, 15) is 14.4 Å². The van der Waals surface area contributed by atoms with Crippen LogP contribution in [-0.4, -0.2) is 37.2 Å². The van der Waals surface area contributed by atoms with Gasteiger partial charge in [-0.3, -0.25) is 14.4 Å². The molecule has 0 aromatic carbocycles. The standard InChI is InChI=1S/C75H126O6/c1-4-7-10-13-16-19-22-25-28-31-33-35-37-39-41-44-47-50-53-56-59-62-65-68-74(77)80-71-72(70-79-73(76)67-64-61-58-55-52-49-46-43-30-27-24-21-18-15-12-9-6-3)81-75(78)69-66-63-60-57-54-51-48-45-42-40-38-36-34-32-29-26-23-20-17-14-11-8-5-2/h7-8,10-11,16-17,19-20,25-30,33-36,39,41,72H,4-6,9,12-15,18,21-24,31-32,37-38,40,42-71H2,1-3H3/b10-7-,11-8-,19-16-,20-17-,28-25-,29-26-,30-27-,35-33-,36-34-,41-39-. The highest BCUT2D eigenvalue weighted by atomic mass is 16.6. The van der Waals surface area contributed by atoms with Gasteiger partial charge in [0.1, 0.15) is 13.2 Å². The van der Waals surface area contributed by atoms with Crippen molar-refractivity contribution in [2.75, 3.05) is 13.2 Å². The second-order valence-corrected chi connectivity index (χ2v) is 22.3. The third-order valence-corrected chi connectivity index (χ3v) is 14.4. The van der Waals surface area contributed by atoms with E-state index in [4.69, 9.17) is 14.2 Å². The molecule has 0 saturated heterocycles. The van der Waals surface area contributed by atoms with Crippen molar-refractivity contribution in [3.8, 4) is 0 Å². The molecule has 1 atom stereocenters. The van der Waals surface area contributed by atoms with Gasteiger partial charge < -0.3 is 14.2 Å². The van der Waals surface area contributed by atoms with Crippen molar-refractivity contribution in [1.82, 2.24) is 0 Å². The van der Waals surface area contributed by atoms with Gasteiger partial charge in [0.25, 0.3) is 0 Å². The maximum atomic E-state index is 13.0. The Balaban J connectivity index is 4.42. The third-order valence-electron chi connectivity index (χ3n) is 14.4. The molecule has 0 bridgehead atoms. The van der Waals surface area contributed by atoms with E-state index in [1.807, 2.05) is 0 Å². The van der Waals surface area contributed by atoms with Crippen LogP contribution in [0.3, 0.4) is 0 Å². The predicted octanol–water partition coefficient (Wildman–Crippen LogP) is 23.6. The van der Waals surface area contributed by atoms with E-state index in [-0.39, 0.29) is 31.1 Å². The number of carbonyl (C=O) groups excluding carboxylic acids is 3. The fourth-order valence-corrected chi connectivity index (χ4v) is 9.40. The second kappa shape index (κ2) is 68.3. The van der Waals surface area contributed by atoms with Crippen molar-refractivity contribution in [2.45, 2.75) is 322 Å². The van der Waals surface area contributed by atoms with Gasteiger partial charge in [0.05, 0.1) is 0 Å². The molecular formula is C75H126O6. The molecule has 0 N–H and O–H groups in total. The first-order valence-electron chi connectivity index (χ1n) is 34.0. The van der Waals surface area contributed by atoms with Crippen LogP contribution in [0.4, 0.5) is 0 Å². The quantitative estimate of drug-likeness (QED) is 0.0261. The molecule has 6 heteroatoms. The Morgan fingerprint density at radius 2 is 0.481 bits per heavy atom. The molecule has 0 aliphatic heterocycles. The van der Waals surface area contributed by atoms with Crippen LogP contribution in [0.2, 0.25) is 0 Å². The number of rotatable bonds is 61. The summed E-state index contributed by atoms with van der Waals surface area (Å²) in [6.45, 7) is 6.42. The molecule has 0 heterocycles. The van der Waals surface area contributed by atoms with Crippen LogP contribution in [0, 0.1) is 0 Å². The lowest BCUT2D eigenvalue weighted by Crippen LogP contribution is -2.30. The van der Waals surface area contributed by atoms with Crippen LogP contribution < -0.4 is 0 Å². The van der Waals surface area contributed by atoms with Crippen LogP contribution in [-0.2, 0) is 28.6 Å². The number of carbonyl (C=O) groups is 3. The second-order valence-electron chi connectivity index (χ2n) is 22.3. The molecule has 6 nitrogen and oxygen atoms in total. The summed E-state index contributed by atoms with van der Waals surface area (Å²) in [5.41, 5.74) is 0. The molecule has 0 rings (SSSR count). The summed E-state index contributed by atoms with van der Waals surface area (Å²) in [5, 5.41) is 0. The maximum Gasteiger partial charge on any atom is 0.306 e. The van der Waals surface area contributed by atoms with E-state index in [2.05, 4.69) is 142 Å². The zero-order valence-corrected chi connectivity index (χ0v) is 53.0. The van der Waals surface area contributed by atoms with Gasteiger partial charge in [-0.25, -0.2) is 0 Å². The average Bonchev–Trinajstić information content (AvgIpc) is 3.47. The normalized spacial score (nSPS) is 12.9. The Kier molecular flexibility index (Phi) is 64.8. The molecule has 1 unspecified atom stereocenters. The van der Waals surface area contributed by atoms with Gasteiger partial charge in [-0.1, -0.05) is 290 Å². The van der Waals surface area contributed by atoms with Crippen LogP contribution in [0.25, 0.3) is 0 Å². The fourth-order valence-electron chi connectivity index (χ4n) is 9.40. The molecule has 0 radical (unpaired) electrons. The summed E-state index contributed by atoms with van der Waals surface area (Å²) < 4.78 is 17.0. The largest absolute Gasteiger partial charge is 0.462 e. The van der Waals surface area contributed by atoms with Crippen LogP contribution in [0.1, 0.15) is 316 Å². The minimum atomic E-state index is -0.792. The Morgan fingerprint density at radius 1 is 0.259 bits per heavy atom. The van der Waals surface area contributed by atoms with E-state index in [0.29, 0.717) is 19.3 Å². The SMILES string of the molecule is CC/C=C\C/C=C\C/C=C\C/C=C\C/C=C\CCCCCCCCCC(=O)OCC(COC(=O)CCCCCCCCC/C=C\CCCCCCCC)OC(=O)CCCCCCCCCCCC/C=C\C/C=C\C/C=C\C/C=C\CC. The van der Waals surface area contributed by atoms with Gasteiger partial charge in [-0.05, 0) is 128 Å². The van der Waals surface area contributed by atoms with Gasteiger partial charge in [0, 0.05) is 19.3 Å². The lowest BCUT2D eigenvalue weighted by molar-refractivity contribution is -0.167. The van der Waals surface area contributed by atoms with E-state index in [0.717, 1.165) is 122 Å². The first kappa shape index (κ1) is 76.8. The zero-order chi connectivity index (χ0) is 58.5. The number of allylic oxidation sites excluding steroid dienone is 20. The van der Waals surface area contributed by atoms with Crippen molar-refractivity contribution < 1.29 is 28.6 Å². The highest BCUT2D eigenvalue weighted by molar-refractivity contribution is 5.71. The molecule has 81 heavy (non-hydrogen) atoms. The molecule has 0 aromatic rings. The van der Waals surface area contributed by atoms with E-state index >= 15 is 0 Å². The van der Waals surface area contributed by atoms with Gasteiger partial charge in [0.15, 0.2) is 6.10 Å². The molecule has 0 amide bonds. The molecule has 0 aliphatic rings. The van der Waals surface area contributed by atoms with Crippen molar-refractivity contribution in [3.05, 3.63) is 122 Å². The summed E-state index contributed by atoms with van der Waals surface area (Å²) in [5.74, 6) is -0.896. The molecule has 0 fully saturated rings. The molecule has 0 saturated carbocycles.